The summed E-state index contributed by atoms with van der Waals surface area (Å²) in [6, 6.07) is 9.48. The molecule has 1 aliphatic carbocycles. The molecule has 0 bridgehead atoms. The minimum Gasteiger partial charge on any atom is -0.294 e. The van der Waals surface area contributed by atoms with E-state index in [1.165, 1.54) is 0 Å². The minimum absolute atomic E-state index is 0.358. The zero-order valence-corrected chi connectivity index (χ0v) is 8.44. The van der Waals surface area contributed by atoms with Gasteiger partial charge in [0, 0.05) is 5.56 Å². The molecule has 2 nitrogen and oxygen atoms in total. The molecule has 0 N–H and O–H groups in total. The molecule has 0 atom stereocenters. The van der Waals surface area contributed by atoms with Crippen LogP contribution in [0, 0.1) is 0 Å². The molecule has 0 unspecified atom stereocenters. The van der Waals surface area contributed by atoms with Crippen LogP contribution < -0.4 is 0 Å². The van der Waals surface area contributed by atoms with Crippen LogP contribution in [0.1, 0.15) is 21.5 Å². The molecular formula is C14H8O2. The van der Waals surface area contributed by atoms with Gasteiger partial charge in [-0.1, -0.05) is 30.4 Å². The van der Waals surface area contributed by atoms with Crippen molar-refractivity contribution >= 4 is 35.0 Å². The lowest BCUT2D eigenvalue weighted by Crippen LogP contribution is -2.00. The largest absolute Gasteiger partial charge is 0.294 e. The van der Waals surface area contributed by atoms with Crippen LogP contribution in [0.2, 0.25) is 0 Å². The second kappa shape index (κ2) is 3.14. The molecular weight excluding hydrogens is 200 g/mol. The van der Waals surface area contributed by atoms with Crippen molar-refractivity contribution in [2.45, 2.75) is 0 Å². The first kappa shape index (κ1) is 9.04. The molecule has 0 heterocycles. The summed E-state index contributed by atoms with van der Waals surface area (Å²) in [7, 11) is 0. The van der Waals surface area contributed by atoms with Crippen molar-refractivity contribution in [1.82, 2.24) is 0 Å². The molecule has 0 radical (unpaired) electrons. The zero-order valence-electron chi connectivity index (χ0n) is 8.44. The topological polar surface area (TPSA) is 34.1 Å². The van der Waals surface area contributed by atoms with Crippen LogP contribution in [0.4, 0.5) is 0 Å². The lowest BCUT2D eigenvalue weighted by molar-refractivity contribution is -0.104. The number of rotatable bonds is 2. The van der Waals surface area contributed by atoms with E-state index in [1.807, 2.05) is 30.4 Å². The number of aldehydes is 1. The van der Waals surface area contributed by atoms with E-state index in [4.69, 9.17) is 0 Å². The predicted octanol–water partition coefficient (Wildman–Crippen LogP) is 2.71. The molecule has 0 aromatic heterocycles. The van der Waals surface area contributed by atoms with Crippen molar-refractivity contribution in [2.24, 2.45) is 0 Å². The fourth-order valence-corrected chi connectivity index (χ4v) is 2.15. The molecule has 0 saturated carbocycles. The van der Waals surface area contributed by atoms with E-state index >= 15 is 0 Å². The van der Waals surface area contributed by atoms with Crippen LogP contribution in [-0.4, -0.2) is 12.1 Å². The summed E-state index contributed by atoms with van der Waals surface area (Å²) in [5.74, 6) is -0.469. The van der Waals surface area contributed by atoms with Crippen molar-refractivity contribution in [1.29, 1.82) is 0 Å². The molecule has 0 amide bonds. The highest BCUT2D eigenvalue weighted by atomic mass is 16.2. The van der Waals surface area contributed by atoms with Gasteiger partial charge in [-0.15, -0.1) is 0 Å². The Morgan fingerprint density at radius 2 is 1.88 bits per heavy atom. The fourth-order valence-electron chi connectivity index (χ4n) is 2.15. The van der Waals surface area contributed by atoms with Crippen molar-refractivity contribution in [3.05, 3.63) is 47.0 Å². The first-order valence-electron chi connectivity index (χ1n) is 5.04. The smallest absolute Gasteiger partial charge is 0.225 e. The molecule has 2 aromatic carbocycles. The normalized spacial score (nSPS) is 12.0. The average Bonchev–Trinajstić information content (AvgIpc) is 2.73. The van der Waals surface area contributed by atoms with Gasteiger partial charge in [-0.3, -0.25) is 9.59 Å². The number of Topliss-reactive ketones (excluding diaryl/α,β-unsaturated/α-hetero) is 1. The van der Waals surface area contributed by atoms with Crippen LogP contribution in [0.3, 0.4) is 0 Å². The Morgan fingerprint density at radius 3 is 2.69 bits per heavy atom. The summed E-state index contributed by atoms with van der Waals surface area (Å²) in [5.41, 5.74) is 2.64. The Morgan fingerprint density at radius 1 is 1.06 bits per heavy atom. The summed E-state index contributed by atoms with van der Waals surface area (Å²) in [6.07, 6.45) is 4.35. The Balaban J connectivity index is 2.37. The van der Waals surface area contributed by atoms with E-state index in [0.717, 1.165) is 21.9 Å². The van der Waals surface area contributed by atoms with E-state index in [0.29, 0.717) is 11.8 Å². The van der Waals surface area contributed by atoms with Crippen LogP contribution in [0.5, 0.6) is 0 Å². The lowest BCUT2D eigenvalue weighted by atomic mass is 9.99. The number of benzene rings is 2. The molecule has 3 rings (SSSR count). The first-order chi connectivity index (χ1) is 7.79. The third-order valence-electron chi connectivity index (χ3n) is 2.87. The quantitative estimate of drug-likeness (QED) is 0.368. The van der Waals surface area contributed by atoms with Crippen molar-refractivity contribution in [2.75, 3.05) is 0 Å². The zero-order chi connectivity index (χ0) is 11.1. The summed E-state index contributed by atoms with van der Waals surface area (Å²) in [6.45, 7) is 0. The third kappa shape index (κ3) is 1.13. The highest BCUT2D eigenvalue weighted by molar-refractivity contribution is 6.34. The lowest BCUT2D eigenvalue weighted by Gasteiger charge is -2.03. The van der Waals surface area contributed by atoms with Gasteiger partial charge in [0.1, 0.15) is 0 Å². The maximum Gasteiger partial charge on any atom is 0.225 e. The standard InChI is InChI=1S/C14H8O2/c15-8-13(16)12-6-10-3-1-2-9-4-5-11(7-12)14(9)10/h1-8H. The summed E-state index contributed by atoms with van der Waals surface area (Å²) >= 11 is 0. The number of hydrogen-bond donors (Lipinski definition) is 0. The second-order valence-corrected chi connectivity index (χ2v) is 3.83. The molecule has 2 heteroatoms. The van der Waals surface area contributed by atoms with Gasteiger partial charge in [-0.05, 0) is 34.0 Å². The summed E-state index contributed by atoms with van der Waals surface area (Å²) in [4.78, 5) is 21.8. The van der Waals surface area contributed by atoms with E-state index in [9.17, 15) is 9.59 Å². The van der Waals surface area contributed by atoms with Gasteiger partial charge in [0.05, 0.1) is 0 Å². The molecule has 1 aliphatic rings. The molecule has 16 heavy (non-hydrogen) atoms. The van der Waals surface area contributed by atoms with Gasteiger partial charge in [0.2, 0.25) is 5.78 Å². The van der Waals surface area contributed by atoms with E-state index in [1.54, 1.807) is 12.1 Å². The van der Waals surface area contributed by atoms with Crippen molar-refractivity contribution in [3.8, 4) is 0 Å². The molecule has 0 fully saturated rings. The number of carbonyl (C=O) groups excluding carboxylic acids is 2. The molecule has 76 valence electrons. The van der Waals surface area contributed by atoms with Gasteiger partial charge >= 0.3 is 0 Å². The number of carbonyl (C=O) groups is 2. The average molecular weight is 208 g/mol. The fraction of sp³-hybridized carbons (Fsp3) is 0. The second-order valence-electron chi connectivity index (χ2n) is 3.83. The Kier molecular flexibility index (Phi) is 1.77. The highest BCUT2D eigenvalue weighted by Gasteiger charge is 2.12. The maximum atomic E-state index is 11.4. The Labute approximate surface area is 92.2 Å². The Hall–Kier alpha value is -2.22. The van der Waals surface area contributed by atoms with E-state index < -0.39 is 5.78 Å². The van der Waals surface area contributed by atoms with Crippen molar-refractivity contribution < 1.29 is 9.59 Å². The van der Waals surface area contributed by atoms with E-state index in [-0.39, 0.29) is 0 Å². The van der Waals surface area contributed by atoms with Crippen LogP contribution in [0.25, 0.3) is 22.9 Å². The Bertz CT molecular complexity index is 651. The third-order valence-corrected chi connectivity index (χ3v) is 2.87. The monoisotopic (exact) mass is 208 g/mol. The molecule has 0 saturated heterocycles. The molecule has 2 aromatic rings. The van der Waals surface area contributed by atoms with Gasteiger partial charge < -0.3 is 0 Å². The minimum atomic E-state index is -0.469. The SMILES string of the molecule is O=CC(=O)c1cc2c3c(cccc3c1)C=C2. The number of ketones is 1. The van der Waals surface area contributed by atoms with Crippen LogP contribution >= 0.6 is 0 Å². The van der Waals surface area contributed by atoms with Crippen LogP contribution in [-0.2, 0) is 4.79 Å². The highest BCUT2D eigenvalue weighted by Crippen LogP contribution is 2.32. The van der Waals surface area contributed by atoms with Gasteiger partial charge in [0.15, 0.2) is 6.29 Å². The molecule has 0 spiro atoms. The maximum absolute atomic E-state index is 11.4. The summed E-state index contributed by atoms with van der Waals surface area (Å²) in [5, 5.41) is 2.16. The van der Waals surface area contributed by atoms with Crippen molar-refractivity contribution in [3.63, 3.8) is 0 Å². The van der Waals surface area contributed by atoms with Gasteiger partial charge in [-0.2, -0.15) is 0 Å². The van der Waals surface area contributed by atoms with Gasteiger partial charge in [0.25, 0.3) is 0 Å². The molecule has 0 aliphatic heterocycles. The van der Waals surface area contributed by atoms with Gasteiger partial charge in [-0.25, -0.2) is 0 Å². The summed E-state index contributed by atoms with van der Waals surface area (Å²) < 4.78 is 0. The first-order valence-corrected chi connectivity index (χ1v) is 5.04. The van der Waals surface area contributed by atoms with Crippen LogP contribution in [0.15, 0.2) is 30.3 Å². The number of hydrogen-bond acceptors (Lipinski definition) is 2. The predicted molar refractivity (Wildman–Crippen MR) is 63.3 cm³/mol. The van der Waals surface area contributed by atoms with E-state index in [2.05, 4.69) is 0 Å².